The fraction of sp³-hybridized carbons (Fsp3) is 0.520. The molecule has 1 aliphatic heterocycles. The normalized spacial score (nSPS) is 16.3. The summed E-state index contributed by atoms with van der Waals surface area (Å²) in [5.41, 5.74) is 6.36. The number of ether oxygens (including phenoxy) is 1. The number of hydrogen-bond donors (Lipinski definition) is 1. The van der Waals surface area contributed by atoms with Gasteiger partial charge in [-0.05, 0) is 67.1 Å². The Morgan fingerprint density at radius 1 is 0.931 bits per heavy atom. The third kappa shape index (κ3) is 5.74. The van der Waals surface area contributed by atoms with Gasteiger partial charge in [-0.2, -0.15) is 0 Å². The molecule has 2 aromatic rings. The van der Waals surface area contributed by atoms with E-state index in [1.807, 2.05) is 0 Å². The highest BCUT2D eigenvalue weighted by molar-refractivity contribution is 5.51. The maximum absolute atomic E-state index is 10.5. The third-order valence-corrected chi connectivity index (χ3v) is 5.92. The van der Waals surface area contributed by atoms with Crippen LogP contribution < -0.4 is 9.64 Å². The second-order valence-corrected chi connectivity index (χ2v) is 8.72. The minimum absolute atomic E-state index is 0.334. The van der Waals surface area contributed by atoms with Gasteiger partial charge in [0.25, 0.3) is 0 Å². The number of anilines is 1. The van der Waals surface area contributed by atoms with Gasteiger partial charge in [-0.3, -0.25) is 4.90 Å². The zero-order valence-corrected chi connectivity index (χ0v) is 18.6. The number of aliphatic hydroxyl groups excluding tert-OH is 1. The molecule has 0 aromatic heterocycles. The molecule has 2 aromatic carbocycles. The zero-order valence-electron chi connectivity index (χ0n) is 18.6. The number of β-amino-alcohol motifs (C(OH)–C–C–N with tert-alkyl or cyclic N) is 1. The molecule has 1 unspecified atom stereocenters. The van der Waals surface area contributed by atoms with Crippen LogP contribution in [0.5, 0.6) is 5.75 Å². The molecule has 0 aliphatic carbocycles. The van der Waals surface area contributed by atoms with Crippen LogP contribution in [0, 0.1) is 20.8 Å². The Morgan fingerprint density at radius 3 is 2.31 bits per heavy atom. The van der Waals surface area contributed by atoms with Crippen LogP contribution in [-0.4, -0.2) is 55.4 Å². The van der Waals surface area contributed by atoms with Crippen LogP contribution in [0.25, 0.3) is 0 Å². The molecule has 1 N–H and O–H groups in total. The van der Waals surface area contributed by atoms with E-state index in [1.54, 1.807) is 0 Å². The number of aryl methyl sites for hydroxylation is 3. The van der Waals surface area contributed by atoms with Crippen molar-refractivity contribution >= 4 is 5.69 Å². The lowest BCUT2D eigenvalue weighted by atomic mass is 10.0. The summed E-state index contributed by atoms with van der Waals surface area (Å²) in [5, 5.41) is 10.5. The fourth-order valence-corrected chi connectivity index (χ4v) is 3.89. The van der Waals surface area contributed by atoms with Crippen molar-refractivity contribution in [3.8, 4) is 5.75 Å². The number of nitrogens with zero attached hydrogens (tertiary/aromatic N) is 2. The molecule has 0 spiro atoms. The molecular formula is C25H36N2O2. The van der Waals surface area contributed by atoms with Crippen LogP contribution in [0.1, 0.15) is 42.0 Å². The second-order valence-electron chi connectivity index (χ2n) is 8.72. The van der Waals surface area contributed by atoms with E-state index in [9.17, 15) is 5.11 Å². The molecule has 29 heavy (non-hydrogen) atoms. The number of piperazine rings is 1. The summed E-state index contributed by atoms with van der Waals surface area (Å²) in [6, 6.07) is 13.0. The average Bonchev–Trinajstić information content (AvgIpc) is 2.69. The predicted octanol–water partition coefficient (Wildman–Crippen LogP) is 4.30. The van der Waals surface area contributed by atoms with Gasteiger partial charge in [0.05, 0.1) is 0 Å². The lowest BCUT2D eigenvalue weighted by molar-refractivity contribution is 0.0659. The Labute approximate surface area is 176 Å². The monoisotopic (exact) mass is 396 g/mol. The van der Waals surface area contributed by atoms with E-state index in [2.05, 4.69) is 80.8 Å². The van der Waals surface area contributed by atoms with Gasteiger partial charge in [0.2, 0.25) is 0 Å². The van der Waals surface area contributed by atoms with Crippen molar-refractivity contribution in [1.82, 2.24) is 4.90 Å². The molecule has 1 fully saturated rings. The third-order valence-electron chi connectivity index (χ3n) is 5.92. The van der Waals surface area contributed by atoms with E-state index >= 15 is 0 Å². The van der Waals surface area contributed by atoms with E-state index < -0.39 is 6.10 Å². The molecular weight excluding hydrogens is 360 g/mol. The quantitative estimate of drug-likeness (QED) is 0.757. The van der Waals surface area contributed by atoms with Crippen LogP contribution >= 0.6 is 0 Å². The van der Waals surface area contributed by atoms with Crippen molar-refractivity contribution in [1.29, 1.82) is 0 Å². The summed E-state index contributed by atoms with van der Waals surface area (Å²) in [4.78, 5) is 4.78. The van der Waals surface area contributed by atoms with Gasteiger partial charge in [0.1, 0.15) is 18.5 Å². The van der Waals surface area contributed by atoms with Crippen molar-refractivity contribution < 1.29 is 9.84 Å². The summed E-state index contributed by atoms with van der Waals surface area (Å²) in [5.74, 6) is 1.31. The molecule has 3 rings (SSSR count). The van der Waals surface area contributed by atoms with Gasteiger partial charge < -0.3 is 14.7 Å². The summed E-state index contributed by atoms with van der Waals surface area (Å²) in [6.07, 6.45) is -0.483. The van der Waals surface area contributed by atoms with Crippen LogP contribution in [0.15, 0.2) is 36.4 Å². The average molecular weight is 397 g/mol. The molecule has 1 atom stereocenters. The lowest BCUT2D eigenvalue weighted by Gasteiger charge is -2.37. The minimum Gasteiger partial charge on any atom is -0.491 e. The Kier molecular flexibility index (Phi) is 7.20. The second kappa shape index (κ2) is 9.64. The van der Waals surface area contributed by atoms with Crippen LogP contribution in [-0.2, 0) is 0 Å². The van der Waals surface area contributed by atoms with Gasteiger partial charge in [-0.25, -0.2) is 0 Å². The zero-order chi connectivity index (χ0) is 21.0. The Balaban J connectivity index is 1.48. The fourth-order valence-electron chi connectivity index (χ4n) is 3.89. The standard InChI is InChI=1S/C25H36N2O2/c1-18(2)24-9-6-19(3)14-25(24)29-17-23(28)16-26-10-12-27(13-11-26)22-8-7-20(4)21(5)15-22/h6-9,14-15,18,23,28H,10-13,16-17H2,1-5H3. The highest BCUT2D eigenvalue weighted by Gasteiger charge is 2.20. The van der Waals surface area contributed by atoms with Gasteiger partial charge in [0.15, 0.2) is 0 Å². The van der Waals surface area contributed by atoms with E-state index in [1.165, 1.54) is 27.9 Å². The molecule has 4 nitrogen and oxygen atoms in total. The van der Waals surface area contributed by atoms with E-state index in [0.717, 1.165) is 31.9 Å². The summed E-state index contributed by atoms with van der Waals surface area (Å²) in [7, 11) is 0. The first kappa shape index (κ1) is 21.7. The molecule has 0 bridgehead atoms. The maximum atomic E-state index is 10.5. The maximum Gasteiger partial charge on any atom is 0.123 e. The van der Waals surface area contributed by atoms with Crippen molar-refractivity contribution in [2.75, 3.05) is 44.2 Å². The Bertz CT molecular complexity index is 810. The van der Waals surface area contributed by atoms with Gasteiger partial charge in [-0.15, -0.1) is 0 Å². The molecule has 1 aliphatic rings. The molecule has 1 heterocycles. The highest BCUT2D eigenvalue weighted by atomic mass is 16.5. The first-order valence-electron chi connectivity index (χ1n) is 10.8. The predicted molar refractivity (Wildman–Crippen MR) is 121 cm³/mol. The topological polar surface area (TPSA) is 35.9 Å². The summed E-state index contributed by atoms with van der Waals surface area (Å²) < 4.78 is 6.01. The molecule has 0 amide bonds. The molecule has 158 valence electrons. The summed E-state index contributed by atoms with van der Waals surface area (Å²) >= 11 is 0. The Morgan fingerprint density at radius 2 is 1.66 bits per heavy atom. The van der Waals surface area contributed by atoms with E-state index in [4.69, 9.17) is 4.74 Å². The van der Waals surface area contributed by atoms with Crippen molar-refractivity contribution in [3.05, 3.63) is 58.7 Å². The highest BCUT2D eigenvalue weighted by Crippen LogP contribution is 2.27. The van der Waals surface area contributed by atoms with Crippen molar-refractivity contribution in [3.63, 3.8) is 0 Å². The van der Waals surface area contributed by atoms with Crippen LogP contribution in [0.2, 0.25) is 0 Å². The first-order valence-corrected chi connectivity index (χ1v) is 10.8. The molecule has 0 radical (unpaired) electrons. The van der Waals surface area contributed by atoms with E-state index in [0.29, 0.717) is 19.1 Å². The number of aliphatic hydroxyl groups is 1. The molecule has 4 heteroatoms. The number of benzene rings is 2. The van der Waals surface area contributed by atoms with Crippen molar-refractivity contribution in [2.24, 2.45) is 0 Å². The molecule has 1 saturated heterocycles. The molecule has 0 saturated carbocycles. The number of rotatable bonds is 7. The largest absolute Gasteiger partial charge is 0.491 e. The lowest BCUT2D eigenvalue weighted by Crippen LogP contribution is -2.49. The van der Waals surface area contributed by atoms with Gasteiger partial charge in [-0.1, -0.05) is 32.0 Å². The van der Waals surface area contributed by atoms with Crippen LogP contribution in [0.3, 0.4) is 0 Å². The number of hydrogen-bond acceptors (Lipinski definition) is 4. The summed E-state index contributed by atoms with van der Waals surface area (Å²) in [6.45, 7) is 15.6. The minimum atomic E-state index is -0.483. The van der Waals surface area contributed by atoms with Crippen LogP contribution in [0.4, 0.5) is 5.69 Å². The SMILES string of the molecule is Cc1ccc(C(C)C)c(OCC(O)CN2CCN(c3ccc(C)c(C)c3)CC2)c1. The van der Waals surface area contributed by atoms with Crippen molar-refractivity contribution in [2.45, 2.75) is 46.6 Å². The smallest absolute Gasteiger partial charge is 0.123 e. The first-order chi connectivity index (χ1) is 13.8. The van der Waals surface area contributed by atoms with Gasteiger partial charge in [0, 0.05) is 38.4 Å². The van der Waals surface area contributed by atoms with E-state index in [-0.39, 0.29) is 0 Å². The Hall–Kier alpha value is -2.04. The van der Waals surface area contributed by atoms with Gasteiger partial charge >= 0.3 is 0 Å².